The number of aromatic nitrogens is 4. The van der Waals surface area contributed by atoms with Crippen LogP contribution in [-0.4, -0.2) is 49.0 Å². The van der Waals surface area contributed by atoms with Crippen LogP contribution in [0.4, 0.5) is 13.2 Å². The number of halogens is 3. The minimum Gasteiger partial charge on any atom is -0.340 e. The lowest BCUT2D eigenvalue weighted by atomic mass is 10.1. The molecule has 1 unspecified atom stereocenters. The van der Waals surface area contributed by atoms with Crippen LogP contribution in [0.5, 0.6) is 0 Å². The number of nitrogens with zero attached hydrogens (tertiary/aromatic N) is 5. The molecule has 0 radical (unpaired) electrons. The van der Waals surface area contributed by atoms with Gasteiger partial charge < -0.3 is 4.90 Å². The van der Waals surface area contributed by atoms with E-state index in [9.17, 15) is 18.0 Å². The van der Waals surface area contributed by atoms with Gasteiger partial charge >= 0.3 is 6.18 Å². The van der Waals surface area contributed by atoms with Crippen LogP contribution >= 0.6 is 11.8 Å². The van der Waals surface area contributed by atoms with E-state index in [0.717, 1.165) is 28.9 Å². The number of benzene rings is 1. The lowest BCUT2D eigenvalue weighted by Gasteiger charge is -2.32. The summed E-state index contributed by atoms with van der Waals surface area (Å²) in [4.78, 5) is 18.9. The third-order valence-corrected chi connectivity index (χ3v) is 6.28. The molecule has 2 aromatic heterocycles. The molecule has 0 spiro atoms. The zero-order valence-electron chi connectivity index (χ0n) is 16.9. The lowest BCUT2D eigenvalue weighted by Crippen LogP contribution is -2.41. The number of carbonyl (C=O) groups is 1. The molecule has 31 heavy (non-hydrogen) atoms. The molecule has 0 saturated carbocycles. The van der Waals surface area contributed by atoms with Gasteiger partial charge in [0, 0.05) is 31.7 Å². The maximum Gasteiger partial charge on any atom is 0.435 e. The van der Waals surface area contributed by atoms with Gasteiger partial charge in [-0.1, -0.05) is 30.0 Å². The molecule has 0 aliphatic carbocycles. The Kier molecular flexibility index (Phi) is 6.08. The van der Waals surface area contributed by atoms with Crippen LogP contribution in [-0.2, 0) is 11.0 Å². The zero-order chi connectivity index (χ0) is 22.0. The van der Waals surface area contributed by atoms with E-state index < -0.39 is 11.9 Å². The van der Waals surface area contributed by atoms with Gasteiger partial charge in [0.2, 0.25) is 5.91 Å². The number of hydrogen-bond donors (Lipinski definition) is 0. The van der Waals surface area contributed by atoms with Crippen molar-refractivity contribution in [3.8, 4) is 5.69 Å². The number of rotatable bonds is 5. The Morgan fingerprint density at radius 1 is 1.23 bits per heavy atom. The number of hydrogen-bond acceptors (Lipinski definition) is 4. The monoisotopic (exact) mass is 449 g/mol. The van der Waals surface area contributed by atoms with E-state index in [4.69, 9.17) is 0 Å². The highest BCUT2D eigenvalue weighted by Crippen LogP contribution is 2.30. The normalized spacial score (nSPS) is 17.2. The smallest absolute Gasteiger partial charge is 0.340 e. The summed E-state index contributed by atoms with van der Waals surface area (Å²) < 4.78 is 41.8. The van der Waals surface area contributed by atoms with Crippen LogP contribution in [0.15, 0.2) is 54.1 Å². The third kappa shape index (κ3) is 4.79. The van der Waals surface area contributed by atoms with E-state index in [0.29, 0.717) is 19.5 Å². The van der Waals surface area contributed by atoms with Crippen molar-refractivity contribution in [1.29, 1.82) is 0 Å². The highest BCUT2D eigenvalue weighted by Gasteiger charge is 2.35. The molecule has 4 rings (SSSR count). The van der Waals surface area contributed by atoms with Gasteiger partial charge in [0.1, 0.15) is 0 Å². The molecule has 1 amide bonds. The number of aryl methyl sites for hydroxylation is 1. The summed E-state index contributed by atoms with van der Waals surface area (Å²) >= 11 is 1.35. The van der Waals surface area contributed by atoms with Crippen LogP contribution in [0.3, 0.4) is 0 Å². The van der Waals surface area contributed by atoms with Gasteiger partial charge in [0.25, 0.3) is 0 Å². The maximum atomic E-state index is 12.8. The van der Waals surface area contributed by atoms with E-state index in [1.165, 1.54) is 22.6 Å². The van der Waals surface area contributed by atoms with Gasteiger partial charge in [-0.15, -0.1) is 0 Å². The fourth-order valence-corrected chi connectivity index (χ4v) is 4.59. The van der Waals surface area contributed by atoms with Crippen molar-refractivity contribution in [2.24, 2.45) is 0 Å². The number of piperidine rings is 1. The molecular formula is C21H22F3N5OS. The Hall–Kier alpha value is -2.75. The molecular weight excluding hydrogens is 427 g/mol. The molecule has 6 nitrogen and oxygen atoms in total. The van der Waals surface area contributed by atoms with Crippen molar-refractivity contribution in [1.82, 2.24) is 24.2 Å². The first-order chi connectivity index (χ1) is 14.8. The summed E-state index contributed by atoms with van der Waals surface area (Å²) in [5.41, 5.74) is 1.20. The molecule has 10 heteroatoms. The van der Waals surface area contributed by atoms with Gasteiger partial charge in [0.05, 0.1) is 17.5 Å². The second kappa shape index (κ2) is 8.78. The predicted molar refractivity (Wildman–Crippen MR) is 111 cm³/mol. The number of para-hydroxylation sites is 1. The number of imidazole rings is 1. The van der Waals surface area contributed by atoms with Crippen LogP contribution in [0.1, 0.15) is 30.1 Å². The molecule has 1 aliphatic heterocycles. The molecule has 1 aliphatic rings. The number of carbonyl (C=O) groups excluding carboxylic acids is 1. The predicted octanol–water partition coefficient (Wildman–Crippen LogP) is 4.35. The van der Waals surface area contributed by atoms with Gasteiger partial charge in [-0.25, -0.2) is 4.98 Å². The molecule has 3 heterocycles. The van der Waals surface area contributed by atoms with Crippen molar-refractivity contribution < 1.29 is 18.0 Å². The minimum absolute atomic E-state index is 0.0581. The molecule has 1 fully saturated rings. The van der Waals surface area contributed by atoms with Crippen LogP contribution in [0.25, 0.3) is 5.69 Å². The van der Waals surface area contributed by atoms with Crippen LogP contribution < -0.4 is 0 Å². The summed E-state index contributed by atoms with van der Waals surface area (Å²) in [6.45, 7) is 2.96. The minimum atomic E-state index is -4.47. The highest BCUT2D eigenvalue weighted by molar-refractivity contribution is 7.99. The fraction of sp³-hybridized carbons (Fsp3) is 0.381. The Morgan fingerprint density at radius 3 is 2.77 bits per heavy atom. The van der Waals surface area contributed by atoms with Crippen molar-refractivity contribution in [3.63, 3.8) is 0 Å². The first-order valence-corrected chi connectivity index (χ1v) is 10.9. The number of amides is 1. The summed E-state index contributed by atoms with van der Waals surface area (Å²) in [6.07, 6.45) is 1.85. The average Bonchev–Trinajstić information content (AvgIpc) is 3.42. The Bertz CT molecular complexity index is 1060. The van der Waals surface area contributed by atoms with Gasteiger partial charge in [-0.2, -0.15) is 18.3 Å². The van der Waals surface area contributed by atoms with E-state index in [1.54, 1.807) is 11.1 Å². The summed E-state index contributed by atoms with van der Waals surface area (Å²) in [7, 11) is 0. The quantitative estimate of drug-likeness (QED) is 0.544. The summed E-state index contributed by atoms with van der Waals surface area (Å²) in [5.74, 6) is 0.153. The topological polar surface area (TPSA) is 56.0 Å². The SMILES string of the molecule is Cc1ccccc1-n1ccnc1SCC(=O)N1CCCC(n2ccc(C(F)(F)F)n2)C1. The Morgan fingerprint density at radius 2 is 2.03 bits per heavy atom. The van der Waals surface area contributed by atoms with Gasteiger partial charge in [0.15, 0.2) is 10.9 Å². The van der Waals surface area contributed by atoms with E-state index in [2.05, 4.69) is 10.1 Å². The van der Waals surface area contributed by atoms with Crippen LogP contribution in [0.2, 0.25) is 0 Å². The second-order valence-electron chi connectivity index (χ2n) is 7.47. The molecule has 1 aromatic carbocycles. The highest BCUT2D eigenvalue weighted by atomic mass is 32.2. The largest absolute Gasteiger partial charge is 0.435 e. The first-order valence-electron chi connectivity index (χ1n) is 9.95. The Balaban J connectivity index is 1.39. The molecule has 164 valence electrons. The zero-order valence-corrected chi connectivity index (χ0v) is 17.7. The van der Waals surface area contributed by atoms with Crippen molar-refractivity contribution in [3.05, 3.63) is 60.2 Å². The summed E-state index contributed by atoms with van der Waals surface area (Å²) in [6, 6.07) is 8.65. The van der Waals surface area contributed by atoms with Gasteiger partial charge in [-0.3, -0.25) is 14.0 Å². The standard InChI is InChI=1S/C21H22F3N5OS/c1-15-5-2-3-7-17(15)28-12-9-25-20(28)31-14-19(30)27-10-4-6-16(13-27)29-11-8-18(26-29)21(22,23)24/h2-3,5,7-9,11-12,16H,4,6,10,13-14H2,1H3. The fourth-order valence-electron chi connectivity index (χ4n) is 3.72. The molecule has 0 bridgehead atoms. The molecule has 1 atom stereocenters. The number of thioether (sulfide) groups is 1. The van der Waals surface area contributed by atoms with Crippen molar-refractivity contribution in [2.75, 3.05) is 18.8 Å². The van der Waals surface area contributed by atoms with Crippen LogP contribution in [0, 0.1) is 6.92 Å². The van der Waals surface area contributed by atoms with E-state index >= 15 is 0 Å². The third-order valence-electron chi connectivity index (χ3n) is 5.33. The Labute approximate surface area is 182 Å². The molecule has 0 N–H and O–H groups in total. The van der Waals surface area contributed by atoms with E-state index in [1.807, 2.05) is 42.0 Å². The maximum absolute atomic E-state index is 12.8. The first kappa shape index (κ1) is 21.5. The number of likely N-dealkylation sites (tertiary alicyclic amines) is 1. The molecule has 1 saturated heterocycles. The van der Waals surface area contributed by atoms with Crippen molar-refractivity contribution in [2.45, 2.75) is 37.1 Å². The number of alkyl halides is 3. The van der Waals surface area contributed by atoms with Crippen molar-refractivity contribution >= 4 is 17.7 Å². The second-order valence-corrected chi connectivity index (χ2v) is 8.41. The summed E-state index contributed by atoms with van der Waals surface area (Å²) in [5, 5.41) is 4.39. The molecule has 3 aromatic rings. The van der Waals surface area contributed by atoms with Gasteiger partial charge in [-0.05, 0) is 37.5 Å². The van der Waals surface area contributed by atoms with E-state index in [-0.39, 0.29) is 17.7 Å². The lowest BCUT2D eigenvalue weighted by molar-refractivity contribution is -0.141. The average molecular weight is 450 g/mol.